The number of para-hydroxylation sites is 1. The molecule has 1 N–H and O–H groups in total. The molecule has 0 aliphatic rings. The maximum Gasteiger partial charge on any atom is 0.311 e. The third-order valence-electron chi connectivity index (χ3n) is 3.30. The minimum Gasteiger partial charge on any atom is -0.466 e. The van der Waals surface area contributed by atoms with Crippen molar-refractivity contribution in [1.82, 2.24) is 4.98 Å². The van der Waals surface area contributed by atoms with Gasteiger partial charge in [-0.2, -0.15) is 0 Å². The number of hydrogen-bond acceptors (Lipinski definition) is 6. The van der Waals surface area contributed by atoms with Crippen LogP contribution in [0.2, 0.25) is 0 Å². The molecule has 7 heteroatoms. The molecule has 2 aromatic rings. The standard InChI is InChI=1S/C17H21N3O3S/c1-3-23-16(22)11-13-12-24-17(18-13)19-15(21)9-10-20(2)14-7-5-4-6-8-14/h4-8,12H,3,9-11H2,1-2H3,(H,18,19,21). The second-order valence-corrected chi connectivity index (χ2v) is 6.04. The fraction of sp³-hybridized carbons (Fsp3) is 0.353. The first-order valence-corrected chi connectivity index (χ1v) is 8.62. The van der Waals surface area contributed by atoms with E-state index in [1.807, 2.05) is 42.3 Å². The summed E-state index contributed by atoms with van der Waals surface area (Å²) in [7, 11) is 1.95. The summed E-state index contributed by atoms with van der Waals surface area (Å²) in [5.74, 6) is -0.417. The van der Waals surface area contributed by atoms with Gasteiger partial charge in [-0.15, -0.1) is 11.3 Å². The molecule has 2 rings (SSSR count). The van der Waals surface area contributed by atoms with E-state index in [2.05, 4.69) is 10.3 Å². The molecule has 1 aromatic heterocycles. The Morgan fingerprint density at radius 1 is 1.29 bits per heavy atom. The Morgan fingerprint density at radius 2 is 2.04 bits per heavy atom. The number of thiazole rings is 1. The summed E-state index contributed by atoms with van der Waals surface area (Å²) >= 11 is 1.30. The molecule has 0 aliphatic carbocycles. The van der Waals surface area contributed by atoms with Gasteiger partial charge in [-0.3, -0.25) is 9.59 Å². The Bertz CT molecular complexity index is 673. The molecule has 0 fully saturated rings. The third kappa shape index (κ3) is 5.66. The molecule has 0 unspecified atom stereocenters. The summed E-state index contributed by atoms with van der Waals surface area (Å²) in [4.78, 5) is 29.7. The molecule has 0 atom stereocenters. The molecular weight excluding hydrogens is 326 g/mol. The van der Waals surface area contributed by atoms with Crippen molar-refractivity contribution in [2.45, 2.75) is 19.8 Å². The number of aromatic nitrogens is 1. The first-order valence-electron chi connectivity index (χ1n) is 7.74. The number of ether oxygens (including phenoxy) is 1. The monoisotopic (exact) mass is 347 g/mol. The van der Waals surface area contributed by atoms with Crippen LogP contribution in [0.5, 0.6) is 0 Å². The van der Waals surface area contributed by atoms with Gasteiger partial charge in [0.15, 0.2) is 5.13 Å². The van der Waals surface area contributed by atoms with Gasteiger partial charge in [0.1, 0.15) is 0 Å². The molecule has 0 bridgehead atoms. The minimum absolute atomic E-state index is 0.102. The van der Waals surface area contributed by atoms with Crippen LogP contribution in [0.25, 0.3) is 0 Å². The van der Waals surface area contributed by atoms with Crippen LogP contribution in [0.15, 0.2) is 35.7 Å². The SMILES string of the molecule is CCOC(=O)Cc1csc(NC(=O)CCN(C)c2ccccc2)n1. The molecule has 128 valence electrons. The van der Waals surface area contributed by atoms with Gasteiger partial charge in [0.05, 0.1) is 18.7 Å². The van der Waals surface area contributed by atoms with Gasteiger partial charge in [0, 0.05) is 31.1 Å². The molecule has 1 aromatic carbocycles. The summed E-state index contributed by atoms with van der Waals surface area (Å²) in [6.45, 7) is 2.72. The van der Waals surface area contributed by atoms with Gasteiger partial charge in [0.25, 0.3) is 0 Å². The Labute approximate surface area is 145 Å². The highest BCUT2D eigenvalue weighted by molar-refractivity contribution is 7.13. The van der Waals surface area contributed by atoms with E-state index in [9.17, 15) is 9.59 Å². The molecule has 0 aliphatic heterocycles. The fourth-order valence-electron chi connectivity index (χ4n) is 2.07. The number of rotatable bonds is 8. The number of anilines is 2. The second kappa shape index (κ2) is 9.02. The van der Waals surface area contributed by atoms with E-state index in [0.29, 0.717) is 30.4 Å². The van der Waals surface area contributed by atoms with Gasteiger partial charge in [-0.05, 0) is 19.1 Å². The Hall–Kier alpha value is -2.41. The number of carbonyl (C=O) groups excluding carboxylic acids is 2. The van der Waals surface area contributed by atoms with Crippen molar-refractivity contribution in [3.05, 3.63) is 41.4 Å². The molecule has 0 spiro atoms. The molecule has 6 nitrogen and oxygen atoms in total. The summed E-state index contributed by atoms with van der Waals surface area (Å²) in [5, 5.41) is 5.02. The predicted octanol–water partition coefficient (Wildman–Crippen LogP) is 2.71. The zero-order valence-electron chi connectivity index (χ0n) is 13.8. The topological polar surface area (TPSA) is 71.5 Å². The normalized spacial score (nSPS) is 10.2. The van der Waals surface area contributed by atoms with Crippen molar-refractivity contribution in [2.24, 2.45) is 0 Å². The number of hydrogen-bond donors (Lipinski definition) is 1. The van der Waals surface area contributed by atoms with Gasteiger partial charge in [0.2, 0.25) is 5.91 Å². The molecule has 0 saturated heterocycles. The first-order chi connectivity index (χ1) is 11.6. The van der Waals surface area contributed by atoms with Crippen molar-refractivity contribution >= 4 is 34.0 Å². The summed E-state index contributed by atoms with van der Waals surface area (Å²) in [6.07, 6.45) is 0.481. The zero-order valence-corrected chi connectivity index (χ0v) is 14.6. The van der Waals surface area contributed by atoms with Crippen LogP contribution in [0.4, 0.5) is 10.8 Å². The Balaban J connectivity index is 1.78. The quantitative estimate of drug-likeness (QED) is 0.744. The van der Waals surface area contributed by atoms with Crippen LogP contribution in [0, 0.1) is 0 Å². The van der Waals surface area contributed by atoms with Crippen molar-refractivity contribution in [1.29, 1.82) is 0 Å². The Morgan fingerprint density at radius 3 is 2.75 bits per heavy atom. The molecular formula is C17H21N3O3S. The van der Waals surface area contributed by atoms with Gasteiger partial charge in [-0.25, -0.2) is 4.98 Å². The number of benzene rings is 1. The molecule has 1 heterocycles. The van der Waals surface area contributed by atoms with Crippen molar-refractivity contribution < 1.29 is 14.3 Å². The van der Waals surface area contributed by atoms with E-state index < -0.39 is 0 Å². The van der Waals surface area contributed by atoms with Crippen molar-refractivity contribution in [3.8, 4) is 0 Å². The number of carbonyl (C=O) groups is 2. The average Bonchev–Trinajstić information content (AvgIpc) is 3.00. The number of esters is 1. The van der Waals surface area contributed by atoms with Crippen molar-refractivity contribution in [3.63, 3.8) is 0 Å². The van der Waals surface area contributed by atoms with E-state index in [-0.39, 0.29) is 18.3 Å². The summed E-state index contributed by atoms with van der Waals surface area (Å²) in [5.41, 5.74) is 1.67. The van der Waals surface area contributed by atoms with E-state index in [1.165, 1.54) is 11.3 Å². The van der Waals surface area contributed by atoms with Crippen LogP contribution in [0.1, 0.15) is 19.0 Å². The summed E-state index contributed by atoms with van der Waals surface area (Å²) < 4.78 is 4.88. The van der Waals surface area contributed by atoms with Crippen LogP contribution in [-0.4, -0.2) is 37.1 Å². The lowest BCUT2D eigenvalue weighted by Gasteiger charge is -2.18. The number of nitrogens with one attached hydrogen (secondary N) is 1. The largest absolute Gasteiger partial charge is 0.466 e. The molecule has 0 radical (unpaired) electrons. The summed E-state index contributed by atoms with van der Waals surface area (Å²) in [6, 6.07) is 9.89. The minimum atomic E-state index is -0.315. The highest BCUT2D eigenvalue weighted by Gasteiger charge is 2.11. The highest BCUT2D eigenvalue weighted by atomic mass is 32.1. The smallest absolute Gasteiger partial charge is 0.311 e. The predicted molar refractivity (Wildman–Crippen MR) is 95.4 cm³/mol. The number of nitrogens with zero attached hydrogens (tertiary/aromatic N) is 2. The molecule has 1 amide bonds. The van der Waals surface area contributed by atoms with Gasteiger partial charge < -0.3 is 15.0 Å². The van der Waals surface area contributed by atoms with E-state index in [4.69, 9.17) is 4.74 Å². The van der Waals surface area contributed by atoms with Crippen LogP contribution < -0.4 is 10.2 Å². The first kappa shape index (κ1) is 17.9. The molecule has 0 saturated carbocycles. The van der Waals surface area contributed by atoms with Crippen LogP contribution in [0.3, 0.4) is 0 Å². The lowest BCUT2D eigenvalue weighted by atomic mass is 10.3. The van der Waals surface area contributed by atoms with Gasteiger partial charge in [-0.1, -0.05) is 18.2 Å². The van der Waals surface area contributed by atoms with Gasteiger partial charge >= 0.3 is 5.97 Å². The Kier molecular flexibility index (Phi) is 6.74. The second-order valence-electron chi connectivity index (χ2n) is 5.18. The van der Waals surface area contributed by atoms with E-state index >= 15 is 0 Å². The lowest BCUT2D eigenvalue weighted by molar-refractivity contribution is -0.142. The number of amides is 1. The van der Waals surface area contributed by atoms with Crippen LogP contribution in [-0.2, 0) is 20.7 Å². The zero-order chi connectivity index (χ0) is 17.4. The average molecular weight is 347 g/mol. The van der Waals surface area contributed by atoms with E-state index in [1.54, 1.807) is 12.3 Å². The molecule has 24 heavy (non-hydrogen) atoms. The fourth-order valence-corrected chi connectivity index (χ4v) is 2.79. The maximum absolute atomic E-state index is 12.0. The highest BCUT2D eigenvalue weighted by Crippen LogP contribution is 2.17. The maximum atomic E-state index is 12.0. The lowest BCUT2D eigenvalue weighted by Crippen LogP contribution is -2.23. The van der Waals surface area contributed by atoms with Crippen LogP contribution >= 0.6 is 11.3 Å². The third-order valence-corrected chi connectivity index (χ3v) is 4.11. The van der Waals surface area contributed by atoms with Crippen molar-refractivity contribution in [2.75, 3.05) is 30.4 Å². The van der Waals surface area contributed by atoms with E-state index in [0.717, 1.165) is 5.69 Å².